The third-order valence-corrected chi connectivity index (χ3v) is 4.62. The number of alkyl halides is 2. The summed E-state index contributed by atoms with van der Waals surface area (Å²) >= 11 is 0. The molecule has 0 fully saturated rings. The van der Waals surface area contributed by atoms with E-state index in [1.165, 1.54) is 0 Å². The molecule has 1 unspecified atom stereocenters. The third-order valence-electron chi connectivity index (χ3n) is 4.62. The van der Waals surface area contributed by atoms with Gasteiger partial charge >= 0.3 is 11.9 Å². The number of rotatable bonds is 14. The Morgan fingerprint density at radius 1 is 0.958 bits per heavy atom. The largest absolute Gasteiger partial charge is 0.461 e. The molecule has 0 rings (SSSR count). The van der Waals surface area contributed by atoms with Gasteiger partial charge in [-0.15, -0.1) is 0 Å². The second-order valence-corrected chi connectivity index (χ2v) is 7.80. The zero-order valence-corrected chi connectivity index (χ0v) is 16.4. The Morgan fingerprint density at radius 3 is 2.12 bits per heavy atom. The molecule has 4 heteroatoms. The van der Waals surface area contributed by atoms with E-state index in [0.717, 1.165) is 44.9 Å². The van der Waals surface area contributed by atoms with E-state index in [2.05, 4.69) is 34.6 Å². The third kappa shape index (κ3) is 11.0. The fourth-order valence-corrected chi connectivity index (χ4v) is 2.74. The van der Waals surface area contributed by atoms with Crippen molar-refractivity contribution in [2.24, 2.45) is 17.8 Å². The molecule has 0 spiro atoms. The van der Waals surface area contributed by atoms with Crippen LogP contribution in [0, 0.1) is 17.8 Å². The Labute approximate surface area is 147 Å². The molecule has 0 N–H and O–H groups in total. The van der Waals surface area contributed by atoms with Crippen LogP contribution in [0.4, 0.5) is 8.78 Å². The molecule has 1 atom stereocenters. The smallest absolute Gasteiger partial charge is 0.376 e. The summed E-state index contributed by atoms with van der Waals surface area (Å²) in [5.74, 6) is -3.56. The van der Waals surface area contributed by atoms with Crippen molar-refractivity contribution in [3.63, 3.8) is 0 Å². The molecule has 0 heterocycles. The highest BCUT2D eigenvalue weighted by Crippen LogP contribution is 2.26. The Balaban J connectivity index is 4.19. The van der Waals surface area contributed by atoms with Crippen LogP contribution in [-0.2, 0) is 9.53 Å². The molecule has 0 aromatic heterocycles. The first-order chi connectivity index (χ1) is 11.2. The summed E-state index contributed by atoms with van der Waals surface area (Å²) in [7, 11) is 0. The summed E-state index contributed by atoms with van der Waals surface area (Å²) in [5.41, 5.74) is 0. The van der Waals surface area contributed by atoms with Gasteiger partial charge in [-0.1, -0.05) is 73.1 Å². The van der Waals surface area contributed by atoms with Gasteiger partial charge in [0.2, 0.25) is 0 Å². The van der Waals surface area contributed by atoms with Crippen molar-refractivity contribution >= 4 is 5.97 Å². The lowest BCUT2D eigenvalue weighted by atomic mass is 9.90. The van der Waals surface area contributed by atoms with Gasteiger partial charge in [0.1, 0.15) is 0 Å². The molecule has 0 aliphatic rings. The van der Waals surface area contributed by atoms with Crippen LogP contribution < -0.4 is 0 Å². The van der Waals surface area contributed by atoms with E-state index in [4.69, 9.17) is 4.74 Å². The standard InChI is InChI=1S/C20H38F2O2/c1-6-7-8-9-10-14-20(21,22)19(23)24-15-18(17(4)5)13-11-12-16(2)3/h16-18H,6-15H2,1-5H3. The molecule has 0 saturated heterocycles. The van der Waals surface area contributed by atoms with Crippen molar-refractivity contribution in [1.29, 1.82) is 0 Å². The summed E-state index contributed by atoms with van der Waals surface area (Å²) in [6.07, 6.45) is 6.91. The first-order valence-electron chi connectivity index (χ1n) is 9.75. The zero-order valence-electron chi connectivity index (χ0n) is 16.4. The second-order valence-electron chi connectivity index (χ2n) is 7.80. The summed E-state index contributed by atoms with van der Waals surface area (Å²) in [6, 6.07) is 0. The van der Waals surface area contributed by atoms with E-state index in [1.54, 1.807) is 0 Å². The summed E-state index contributed by atoms with van der Waals surface area (Å²) in [4.78, 5) is 11.7. The number of halogens is 2. The molecule has 0 aromatic carbocycles. The van der Waals surface area contributed by atoms with Crippen molar-refractivity contribution in [3.05, 3.63) is 0 Å². The van der Waals surface area contributed by atoms with Gasteiger partial charge in [-0.2, -0.15) is 8.78 Å². The molecule has 0 aliphatic carbocycles. The van der Waals surface area contributed by atoms with Gasteiger partial charge in [-0.25, -0.2) is 4.79 Å². The van der Waals surface area contributed by atoms with E-state index in [9.17, 15) is 13.6 Å². The molecule has 0 saturated carbocycles. The number of carbonyl (C=O) groups excluding carboxylic acids is 1. The molecule has 24 heavy (non-hydrogen) atoms. The van der Waals surface area contributed by atoms with Gasteiger partial charge in [0.15, 0.2) is 0 Å². The fraction of sp³-hybridized carbons (Fsp3) is 0.950. The molecular formula is C20H38F2O2. The normalized spacial score (nSPS) is 13.5. The molecule has 2 nitrogen and oxygen atoms in total. The van der Waals surface area contributed by atoms with Gasteiger partial charge in [-0.3, -0.25) is 0 Å². The van der Waals surface area contributed by atoms with Crippen LogP contribution in [0.5, 0.6) is 0 Å². The van der Waals surface area contributed by atoms with Crippen molar-refractivity contribution in [2.75, 3.05) is 6.61 Å². The number of ether oxygens (including phenoxy) is 1. The van der Waals surface area contributed by atoms with E-state index in [0.29, 0.717) is 18.3 Å². The molecule has 0 radical (unpaired) electrons. The predicted molar refractivity (Wildman–Crippen MR) is 96.3 cm³/mol. The van der Waals surface area contributed by atoms with Crippen LogP contribution in [0.2, 0.25) is 0 Å². The molecule has 0 aromatic rings. The van der Waals surface area contributed by atoms with Gasteiger partial charge in [0, 0.05) is 6.42 Å². The van der Waals surface area contributed by atoms with E-state index < -0.39 is 18.3 Å². The van der Waals surface area contributed by atoms with Crippen molar-refractivity contribution in [2.45, 2.75) is 98.3 Å². The summed E-state index contributed by atoms with van der Waals surface area (Å²) < 4.78 is 32.7. The monoisotopic (exact) mass is 348 g/mol. The Bertz CT molecular complexity index is 328. The zero-order chi connectivity index (χ0) is 18.6. The SMILES string of the molecule is CCCCCCCC(F)(F)C(=O)OCC(CCCC(C)C)C(C)C. The van der Waals surface area contributed by atoms with Crippen molar-refractivity contribution in [3.8, 4) is 0 Å². The number of unbranched alkanes of at least 4 members (excludes halogenated alkanes) is 4. The van der Waals surface area contributed by atoms with Crippen LogP contribution in [0.3, 0.4) is 0 Å². The lowest BCUT2D eigenvalue weighted by molar-refractivity contribution is -0.175. The maximum Gasteiger partial charge on any atom is 0.376 e. The predicted octanol–water partition coefficient (Wildman–Crippen LogP) is 6.62. The highest BCUT2D eigenvalue weighted by molar-refractivity contribution is 5.77. The maximum absolute atomic E-state index is 13.9. The van der Waals surface area contributed by atoms with E-state index >= 15 is 0 Å². The van der Waals surface area contributed by atoms with Gasteiger partial charge in [0.05, 0.1) is 6.61 Å². The highest BCUT2D eigenvalue weighted by Gasteiger charge is 2.40. The topological polar surface area (TPSA) is 26.3 Å². The van der Waals surface area contributed by atoms with Crippen LogP contribution in [0.15, 0.2) is 0 Å². The van der Waals surface area contributed by atoms with E-state index in [-0.39, 0.29) is 12.5 Å². The van der Waals surface area contributed by atoms with Crippen molar-refractivity contribution in [1.82, 2.24) is 0 Å². The Kier molecular flexibility index (Phi) is 12.3. The van der Waals surface area contributed by atoms with E-state index in [1.807, 2.05) is 0 Å². The lowest BCUT2D eigenvalue weighted by Gasteiger charge is -2.23. The molecule has 0 aliphatic heterocycles. The average molecular weight is 349 g/mol. The van der Waals surface area contributed by atoms with Crippen molar-refractivity contribution < 1.29 is 18.3 Å². The van der Waals surface area contributed by atoms with Gasteiger partial charge in [-0.05, 0) is 30.6 Å². The number of hydrogen-bond donors (Lipinski definition) is 0. The number of hydrogen-bond acceptors (Lipinski definition) is 2. The summed E-state index contributed by atoms with van der Waals surface area (Å²) in [6.45, 7) is 10.6. The average Bonchev–Trinajstić information content (AvgIpc) is 2.49. The van der Waals surface area contributed by atoms with Crippen LogP contribution in [0.25, 0.3) is 0 Å². The number of carbonyl (C=O) groups is 1. The Morgan fingerprint density at radius 2 is 1.58 bits per heavy atom. The number of esters is 1. The Hall–Kier alpha value is -0.670. The molecule has 144 valence electrons. The van der Waals surface area contributed by atoms with Gasteiger partial charge in [0.25, 0.3) is 0 Å². The summed E-state index contributed by atoms with van der Waals surface area (Å²) in [5, 5.41) is 0. The van der Waals surface area contributed by atoms with Gasteiger partial charge < -0.3 is 4.74 Å². The maximum atomic E-state index is 13.9. The quantitative estimate of drug-likeness (QED) is 0.260. The highest BCUT2D eigenvalue weighted by atomic mass is 19.3. The first kappa shape index (κ1) is 23.3. The second kappa shape index (κ2) is 12.7. The van der Waals surface area contributed by atoms with Crippen LogP contribution >= 0.6 is 0 Å². The van der Waals surface area contributed by atoms with Crippen LogP contribution in [0.1, 0.15) is 92.4 Å². The minimum atomic E-state index is -3.34. The minimum Gasteiger partial charge on any atom is -0.461 e. The first-order valence-corrected chi connectivity index (χ1v) is 9.75. The minimum absolute atomic E-state index is 0.111. The lowest BCUT2D eigenvalue weighted by Crippen LogP contribution is -2.32. The molecule has 0 amide bonds. The fourth-order valence-electron chi connectivity index (χ4n) is 2.74. The van der Waals surface area contributed by atoms with Crippen LogP contribution in [-0.4, -0.2) is 18.5 Å². The molecule has 0 bridgehead atoms. The molecular weight excluding hydrogens is 310 g/mol.